The molecule has 0 spiro atoms. The van der Waals surface area contributed by atoms with Crippen molar-refractivity contribution < 1.29 is 4.79 Å². The van der Waals surface area contributed by atoms with Gasteiger partial charge in [-0.2, -0.15) is 0 Å². The maximum absolute atomic E-state index is 12.0. The number of nitrogens with one attached hydrogen (secondary N) is 1. The highest BCUT2D eigenvalue weighted by molar-refractivity contribution is 8.00. The Bertz CT molecular complexity index is 487. The van der Waals surface area contributed by atoms with Gasteiger partial charge in [0.05, 0.1) is 5.75 Å². The van der Waals surface area contributed by atoms with Gasteiger partial charge in [-0.3, -0.25) is 4.79 Å². The zero-order valence-corrected chi connectivity index (χ0v) is 13.7. The summed E-state index contributed by atoms with van der Waals surface area (Å²) in [4.78, 5) is 15.4. The van der Waals surface area contributed by atoms with E-state index in [2.05, 4.69) is 30.3 Å². The third-order valence-corrected chi connectivity index (χ3v) is 4.61. The topological polar surface area (TPSA) is 32.3 Å². The molecule has 1 aliphatic heterocycles. The Morgan fingerprint density at radius 1 is 1.38 bits per heavy atom. The summed E-state index contributed by atoms with van der Waals surface area (Å²) in [6.07, 6.45) is 4.38. The Hall–Kier alpha value is -1.26. The van der Waals surface area contributed by atoms with Crippen LogP contribution in [0.2, 0.25) is 0 Å². The lowest BCUT2D eigenvalue weighted by Gasteiger charge is -2.24. The predicted molar refractivity (Wildman–Crippen MR) is 89.6 cm³/mol. The van der Waals surface area contributed by atoms with Gasteiger partial charge in [0, 0.05) is 24.0 Å². The molecule has 0 fully saturated rings. The first-order chi connectivity index (χ1) is 10.1. The Labute approximate surface area is 131 Å². The number of carbonyl (C=O) groups excluding carboxylic acids is 1. The van der Waals surface area contributed by atoms with E-state index in [1.807, 2.05) is 30.3 Å². The zero-order chi connectivity index (χ0) is 15.1. The van der Waals surface area contributed by atoms with Crippen LogP contribution in [-0.2, 0) is 4.79 Å². The number of rotatable bonds is 6. The largest absolute Gasteiger partial charge is 0.353 e. The number of benzene rings is 1. The van der Waals surface area contributed by atoms with Crippen LogP contribution in [-0.4, -0.2) is 42.7 Å². The summed E-state index contributed by atoms with van der Waals surface area (Å²) in [5.74, 6) is 0.598. The molecular formula is C17H24N2OS. The van der Waals surface area contributed by atoms with E-state index in [9.17, 15) is 4.79 Å². The van der Waals surface area contributed by atoms with E-state index in [0.717, 1.165) is 30.8 Å². The molecular weight excluding hydrogens is 280 g/mol. The van der Waals surface area contributed by atoms with Crippen LogP contribution >= 0.6 is 11.8 Å². The van der Waals surface area contributed by atoms with Gasteiger partial charge in [-0.15, -0.1) is 11.8 Å². The molecule has 0 unspecified atom stereocenters. The fourth-order valence-electron chi connectivity index (χ4n) is 2.42. The predicted octanol–water partition coefficient (Wildman–Crippen LogP) is 2.94. The molecule has 1 atom stereocenters. The van der Waals surface area contributed by atoms with E-state index in [0.29, 0.717) is 5.75 Å². The molecule has 0 radical (unpaired) electrons. The van der Waals surface area contributed by atoms with Crippen LogP contribution in [0, 0.1) is 0 Å². The third kappa shape index (κ3) is 5.94. The van der Waals surface area contributed by atoms with Crippen molar-refractivity contribution in [3.63, 3.8) is 0 Å². The van der Waals surface area contributed by atoms with Crippen molar-refractivity contribution in [2.45, 2.75) is 30.7 Å². The molecule has 2 rings (SSSR count). The zero-order valence-electron chi connectivity index (χ0n) is 12.8. The van der Waals surface area contributed by atoms with Gasteiger partial charge in [0.15, 0.2) is 0 Å². The summed E-state index contributed by atoms with van der Waals surface area (Å²) in [5, 5.41) is 3.09. The number of amides is 1. The second kappa shape index (κ2) is 8.25. The molecule has 0 aliphatic carbocycles. The average molecular weight is 304 g/mol. The van der Waals surface area contributed by atoms with E-state index in [1.54, 1.807) is 11.8 Å². The van der Waals surface area contributed by atoms with Gasteiger partial charge in [-0.05, 0) is 38.9 Å². The fourth-order valence-corrected chi connectivity index (χ4v) is 3.16. The molecule has 114 valence electrons. The number of hydrogen-bond donors (Lipinski definition) is 1. The Balaban J connectivity index is 1.70. The van der Waals surface area contributed by atoms with E-state index in [-0.39, 0.29) is 11.9 Å². The van der Waals surface area contributed by atoms with Crippen LogP contribution in [0.1, 0.15) is 19.8 Å². The van der Waals surface area contributed by atoms with Gasteiger partial charge < -0.3 is 10.2 Å². The Kier molecular flexibility index (Phi) is 6.33. The lowest BCUT2D eigenvalue weighted by molar-refractivity contribution is -0.119. The normalized spacial score (nSPS) is 17.1. The summed E-state index contributed by atoms with van der Waals surface area (Å²) < 4.78 is 0. The first-order valence-electron chi connectivity index (χ1n) is 7.47. The van der Waals surface area contributed by atoms with Crippen LogP contribution in [0.15, 0.2) is 46.9 Å². The van der Waals surface area contributed by atoms with Crippen molar-refractivity contribution in [3.05, 3.63) is 42.0 Å². The molecule has 0 saturated heterocycles. The number of likely N-dealkylation sites (N-methyl/N-ethyl adjacent to an activating group) is 1. The molecule has 1 amide bonds. The van der Waals surface area contributed by atoms with Crippen molar-refractivity contribution in [2.24, 2.45) is 0 Å². The van der Waals surface area contributed by atoms with Gasteiger partial charge in [-0.25, -0.2) is 0 Å². The molecule has 0 bridgehead atoms. The van der Waals surface area contributed by atoms with Gasteiger partial charge in [0.1, 0.15) is 0 Å². The highest BCUT2D eigenvalue weighted by Gasteiger charge is 2.13. The van der Waals surface area contributed by atoms with E-state index in [4.69, 9.17) is 0 Å². The number of hydrogen-bond acceptors (Lipinski definition) is 3. The van der Waals surface area contributed by atoms with Crippen molar-refractivity contribution in [2.75, 3.05) is 25.9 Å². The molecule has 4 heteroatoms. The summed E-state index contributed by atoms with van der Waals surface area (Å²) in [5.41, 5.74) is 1.47. The molecule has 1 aliphatic rings. The summed E-state index contributed by atoms with van der Waals surface area (Å²) in [7, 11) is 2.14. The summed E-state index contributed by atoms with van der Waals surface area (Å²) in [6, 6.07) is 10.3. The monoisotopic (exact) mass is 304 g/mol. The highest BCUT2D eigenvalue weighted by atomic mass is 32.2. The van der Waals surface area contributed by atoms with Crippen molar-refractivity contribution in [1.82, 2.24) is 10.2 Å². The first kappa shape index (κ1) is 16.1. The lowest BCUT2D eigenvalue weighted by atomic mass is 10.0. The minimum atomic E-state index is 0.116. The van der Waals surface area contributed by atoms with Gasteiger partial charge >= 0.3 is 0 Å². The maximum Gasteiger partial charge on any atom is 0.230 e. The van der Waals surface area contributed by atoms with E-state index >= 15 is 0 Å². The number of carbonyl (C=O) groups is 1. The van der Waals surface area contributed by atoms with Crippen molar-refractivity contribution >= 4 is 17.7 Å². The highest BCUT2D eigenvalue weighted by Crippen LogP contribution is 2.17. The maximum atomic E-state index is 12.0. The quantitative estimate of drug-likeness (QED) is 0.648. The van der Waals surface area contributed by atoms with Crippen LogP contribution in [0.4, 0.5) is 0 Å². The SMILES string of the molecule is C[C@H](CC1=CCN(C)CC1)NC(=O)CSc1ccccc1. The van der Waals surface area contributed by atoms with Crippen molar-refractivity contribution in [3.8, 4) is 0 Å². The minimum absolute atomic E-state index is 0.116. The van der Waals surface area contributed by atoms with Gasteiger partial charge in [0.25, 0.3) is 0 Å². The molecule has 0 aromatic heterocycles. The molecule has 21 heavy (non-hydrogen) atoms. The standard InChI is InChI=1S/C17H24N2OS/c1-14(12-15-8-10-19(2)11-9-15)18-17(20)13-21-16-6-4-3-5-7-16/h3-8,14H,9-13H2,1-2H3,(H,18,20)/t14-/m1/s1. The van der Waals surface area contributed by atoms with Crippen LogP contribution in [0.3, 0.4) is 0 Å². The Morgan fingerprint density at radius 2 is 2.14 bits per heavy atom. The fraction of sp³-hybridized carbons (Fsp3) is 0.471. The molecule has 1 aromatic carbocycles. The van der Waals surface area contributed by atoms with E-state index < -0.39 is 0 Å². The number of nitrogens with zero attached hydrogens (tertiary/aromatic N) is 1. The molecule has 1 aromatic rings. The Morgan fingerprint density at radius 3 is 2.81 bits per heavy atom. The van der Waals surface area contributed by atoms with E-state index in [1.165, 1.54) is 5.57 Å². The van der Waals surface area contributed by atoms with Crippen molar-refractivity contribution in [1.29, 1.82) is 0 Å². The second-order valence-electron chi connectivity index (χ2n) is 5.65. The van der Waals surface area contributed by atoms with Gasteiger partial charge in [-0.1, -0.05) is 29.8 Å². The molecule has 1 N–H and O–H groups in total. The smallest absolute Gasteiger partial charge is 0.230 e. The third-order valence-electron chi connectivity index (χ3n) is 3.60. The summed E-state index contributed by atoms with van der Waals surface area (Å²) >= 11 is 1.58. The van der Waals surface area contributed by atoms with Crippen LogP contribution in [0.5, 0.6) is 0 Å². The lowest BCUT2D eigenvalue weighted by Crippen LogP contribution is -2.35. The molecule has 0 saturated carbocycles. The van der Waals surface area contributed by atoms with Crippen LogP contribution in [0.25, 0.3) is 0 Å². The average Bonchev–Trinajstić information content (AvgIpc) is 2.48. The second-order valence-corrected chi connectivity index (χ2v) is 6.70. The number of thioether (sulfide) groups is 1. The van der Waals surface area contributed by atoms with Gasteiger partial charge in [0.2, 0.25) is 5.91 Å². The molecule has 3 nitrogen and oxygen atoms in total. The molecule has 1 heterocycles. The summed E-state index contributed by atoms with van der Waals surface area (Å²) in [6.45, 7) is 4.24. The minimum Gasteiger partial charge on any atom is -0.353 e. The van der Waals surface area contributed by atoms with Crippen LogP contribution < -0.4 is 5.32 Å². The first-order valence-corrected chi connectivity index (χ1v) is 8.45.